The average Bonchev–Trinajstić information content (AvgIpc) is 2.85. The van der Waals surface area contributed by atoms with Gasteiger partial charge in [0.15, 0.2) is 0 Å². The highest BCUT2D eigenvalue weighted by molar-refractivity contribution is 6.33. The van der Waals surface area contributed by atoms with Gasteiger partial charge in [-0.1, -0.05) is 11.6 Å². The number of nitrogens with zero attached hydrogens (tertiary/aromatic N) is 1. The number of aromatic nitrogens is 1. The van der Waals surface area contributed by atoms with Gasteiger partial charge in [0.2, 0.25) is 0 Å². The minimum atomic E-state index is -0.964. The van der Waals surface area contributed by atoms with Crippen LogP contribution in [0.25, 0.3) is 0 Å². The Labute approximate surface area is 80.4 Å². The summed E-state index contributed by atoms with van der Waals surface area (Å²) in [6, 6.07) is 0. The van der Waals surface area contributed by atoms with Crippen molar-refractivity contribution in [2.75, 3.05) is 0 Å². The fourth-order valence-electron chi connectivity index (χ4n) is 1.38. The molecular formula is C9H8ClNO2. The first-order valence-corrected chi connectivity index (χ1v) is 4.44. The Morgan fingerprint density at radius 1 is 1.54 bits per heavy atom. The summed E-state index contributed by atoms with van der Waals surface area (Å²) in [4.78, 5) is 14.8. The van der Waals surface area contributed by atoms with Crippen LogP contribution in [0.1, 0.15) is 34.7 Å². The van der Waals surface area contributed by atoms with Crippen LogP contribution in [-0.2, 0) is 0 Å². The smallest absolute Gasteiger partial charge is 0.337 e. The van der Waals surface area contributed by atoms with Gasteiger partial charge in [0.25, 0.3) is 0 Å². The van der Waals surface area contributed by atoms with Crippen LogP contribution in [0.15, 0.2) is 12.4 Å². The molecule has 1 saturated carbocycles. The number of carboxylic acid groups (broad SMARTS) is 1. The molecule has 0 bridgehead atoms. The van der Waals surface area contributed by atoms with Gasteiger partial charge in [-0.25, -0.2) is 4.79 Å². The molecule has 0 aromatic carbocycles. The topological polar surface area (TPSA) is 50.2 Å². The minimum absolute atomic E-state index is 0.221. The van der Waals surface area contributed by atoms with E-state index in [0.29, 0.717) is 5.92 Å². The van der Waals surface area contributed by atoms with Crippen LogP contribution < -0.4 is 0 Å². The van der Waals surface area contributed by atoms with Crippen molar-refractivity contribution in [1.29, 1.82) is 0 Å². The molecule has 1 aromatic rings. The Balaban J connectivity index is 2.53. The number of halogens is 1. The second kappa shape index (κ2) is 3.00. The third-order valence-corrected chi connectivity index (χ3v) is 2.45. The van der Waals surface area contributed by atoms with Crippen LogP contribution in [0.3, 0.4) is 0 Å². The molecule has 0 aliphatic heterocycles. The van der Waals surface area contributed by atoms with Gasteiger partial charge in [-0.2, -0.15) is 0 Å². The van der Waals surface area contributed by atoms with Crippen molar-refractivity contribution in [3.8, 4) is 0 Å². The molecule has 1 aromatic heterocycles. The zero-order valence-corrected chi connectivity index (χ0v) is 7.58. The molecule has 3 nitrogen and oxygen atoms in total. The second-order valence-electron chi connectivity index (χ2n) is 3.16. The van der Waals surface area contributed by atoms with Crippen LogP contribution in [0, 0.1) is 0 Å². The Morgan fingerprint density at radius 3 is 2.77 bits per heavy atom. The lowest BCUT2D eigenvalue weighted by molar-refractivity contribution is 0.0695. The van der Waals surface area contributed by atoms with E-state index in [1.807, 2.05) is 0 Å². The maximum absolute atomic E-state index is 10.9. The lowest BCUT2D eigenvalue weighted by atomic mass is 10.1. The Kier molecular flexibility index (Phi) is 1.96. The molecule has 1 heterocycles. The van der Waals surface area contributed by atoms with Gasteiger partial charge in [0, 0.05) is 12.4 Å². The number of rotatable bonds is 2. The lowest BCUT2D eigenvalue weighted by Gasteiger charge is -2.04. The average molecular weight is 198 g/mol. The fourth-order valence-corrected chi connectivity index (χ4v) is 1.63. The molecular weight excluding hydrogens is 190 g/mol. The van der Waals surface area contributed by atoms with E-state index in [2.05, 4.69) is 4.98 Å². The maximum atomic E-state index is 10.9. The fraction of sp³-hybridized carbons (Fsp3) is 0.333. The van der Waals surface area contributed by atoms with E-state index in [-0.39, 0.29) is 10.6 Å². The van der Waals surface area contributed by atoms with E-state index >= 15 is 0 Å². The predicted octanol–water partition coefficient (Wildman–Crippen LogP) is 2.31. The molecule has 13 heavy (non-hydrogen) atoms. The highest BCUT2D eigenvalue weighted by atomic mass is 35.5. The monoisotopic (exact) mass is 197 g/mol. The second-order valence-corrected chi connectivity index (χ2v) is 3.57. The summed E-state index contributed by atoms with van der Waals surface area (Å²) in [5, 5.41) is 9.14. The molecule has 0 spiro atoms. The van der Waals surface area contributed by atoms with Crippen molar-refractivity contribution < 1.29 is 9.90 Å². The highest BCUT2D eigenvalue weighted by Gasteiger charge is 2.29. The van der Waals surface area contributed by atoms with Gasteiger partial charge in [-0.3, -0.25) is 4.98 Å². The number of hydrogen-bond donors (Lipinski definition) is 1. The lowest BCUT2D eigenvalue weighted by Crippen LogP contribution is -2.03. The first-order valence-electron chi connectivity index (χ1n) is 4.07. The molecule has 0 atom stereocenters. The molecule has 0 radical (unpaired) electrons. The summed E-state index contributed by atoms with van der Waals surface area (Å²) in [7, 11) is 0. The molecule has 0 unspecified atom stereocenters. The van der Waals surface area contributed by atoms with E-state index in [0.717, 1.165) is 18.4 Å². The molecule has 1 aliphatic carbocycles. The van der Waals surface area contributed by atoms with Gasteiger partial charge < -0.3 is 5.11 Å². The van der Waals surface area contributed by atoms with Crippen LogP contribution in [0.2, 0.25) is 5.02 Å². The molecule has 4 heteroatoms. The number of carboxylic acids is 1. The Hall–Kier alpha value is -1.09. The summed E-state index contributed by atoms with van der Waals surface area (Å²) >= 11 is 5.75. The maximum Gasteiger partial charge on any atom is 0.337 e. The normalized spacial score (nSPS) is 15.8. The van der Waals surface area contributed by atoms with Gasteiger partial charge in [0.05, 0.1) is 10.6 Å². The first-order chi connectivity index (χ1) is 6.20. The van der Waals surface area contributed by atoms with Crippen molar-refractivity contribution in [2.45, 2.75) is 18.8 Å². The number of aromatic carboxylic acids is 1. The summed E-state index contributed by atoms with van der Waals surface area (Å²) in [6.07, 6.45) is 5.06. The van der Waals surface area contributed by atoms with Gasteiger partial charge >= 0.3 is 5.97 Å². The SMILES string of the molecule is O=C(O)c1c(Cl)cncc1C1CC1. The van der Waals surface area contributed by atoms with Crippen LogP contribution >= 0.6 is 11.6 Å². The summed E-state index contributed by atoms with van der Waals surface area (Å²) < 4.78 is 0. The summed E-state index contributed by atoms with van der Waals surface area (Å²) in [5.74, 6) is -0.605. The van der Waals surface area contributed by atoms with E-state index < -0.39 is 5.97 Å². The standard InChI is InChI=1S/C9H8ClNO2/c10-7-4-11-3-6(5-1-2-5)8(7)9(12)13/h3-5H,1-2H2,(H,12,13). The highest BCUT2D eigenvalue weighted by Crippen LogP contribution is 2.42. The van der Waals surface area contributed by atoms with Crippen molar-refractivity contribution in [1.82, 2.24) is 4.98 Å². The van der Waals surface area contributed by atoms with Gasteiger partial charge in [-0.15, -0.1) is 0 Å². The van der Waals surface area contributed by atoms with Gasteiger partial charge in [-0.05, 0) is 24.3 Å². The third-order valence-electron chi connectivity index (χ3n) is 2.16. The number of pyridine rings is 1. The molecule has 0 amide bonds. The predicted molar refractivity (Wildman–Crippen MR) is 48.2 cm³/mol. The van der Waals surface area contributed by atoms with E-state index in [4.69, 9.17) is 16.7 Å². The van der Waals surface area contributed by atoms with E-state index in [1.165, 1.54) is 6.20 Å². The van der Waals surface area contributed by atoms with Gasteiger partial charge in [0.1, 0.15) is 0 Å². The number of carbonyl (C=O) groups is 1. The van der Waals surface area contributed by atoms with Crippen molar-refractivity contribution >= 4 is 17.6 Å². The summed E-state index contributed by atoms with van der Waals surface area (Å²) in [5.41, 5.74) is 0.999. The molecule has 1 aliphatic rings. The molecule has 1 fully saturated rings. The van der Waals surface area contributed by atoms with E-state index in [9.17, 15) is 4.79 Å². The summed E-state index contributed by atoms with van der Waals surface area (Å²) in [6.45, 7) is 0. The largest absolute Gasteiger partial charge is 0.478 e. The molecule has 0 saturated heterocycles. The Bertz CT molecular complexity index is 361. The minimum Gasteiger partial charge on any atom is -0.478 e. The molecule has 1 N–H and O–H groups in total. The van der Waals surface area contributed by atoms with Crippen molar-refractivity contribution in [2.24, 2.45) is 0 Å². The quantitative estimate of drug-likeness (QED) is 0.792. The zero-order valence-electron chi connectivity index (χ0n) is 6.83. The van der Waals surface area contributed by atoms with Crippen molar-refractivity contribution in [3.05, 3.63) is 28.5 Å². The molecule has 2 rings (SSSR count). The molecule has 68 valence electrons. The van der Waals surface area contributed by atoms with Crippen molar-refractivity contribution in [3.63, 3.8) is 0 Å². The van der Waals surface area contributed by atoms with Crippen LogP contribution in [0.5, 0.6) is 0 Å². The third kappa shape index (κ3) is 1.52. The Morgan fingerprint density at radius 2 is 2.23 bits per heavy atom. The van der Waals surface area contributed by atoms with Crippen LogP contribution in [0.4, 0.5) is 0 Å². The number of hydrogen-bond acceptors (Lipinski definition) is 2. The zero-order chi connectivity index (χ0) is 9.42. The van der Waals surface area contributed by atoms with Crippen LogP contribution in [-0.4, -0.2) is 16.1 Å². The van der Waals surface area contributed by atoms with E-state index in [1.54, 1.807) is 6.20 Å². The first kappa shape index (κ1) is 8.51.